The Morgan fingerprint density at radius 1 is 0.439 bits per heavy atom. The highest BCUT2D eigenvalue weighted by molar-refractivity contribution is 5.76. The van der Waals surface area contributed by atoms with Crippen LogP contribution < -0.4 is 5.32 Å². The molecule has 4 nitrogen and oxygen atoms in total. The number of carbonyl (C=O) groups is 1. The van der Waals surface area contributed by atoms with Crippen LogP contribution in [-0.4, -0.2) is 34.9 Å². The molecule has 0 bridgehead atoms. The van der Waals surface area contributed by atoms with E-state index in [9.17, 15) is 15.0 Å². The molecule has 0 aliphatic carbocycles. The summed E-state index contributed by atoms with van der Waals surface area (Å²) in [6, 6.07) is -0.566. The van der Waals surface area contributed by atoms with E-state index in [1.165, 1.54) is 25.7 Å². The third kappa shape index (κ3) is 43.2. The minimum absolute atomic E-state index is 0.0873. The number of hydrogen-bond donors (Lipinski definition) is 3. The Morgan fingerprint density at radius 3 is 1.12 bits per heavy atom. The van der Waals surface area contributed by atoms with E-state index in [1.54, 1.807) is 0 Å². The molecule has 0 radical (unpaired) electrons. The van der Waals surface area contributed by atoms with E-state index in [4.69, 9.17) is 0 Å². The topological polar surface area (TPSA) is 69.6 Å². The molecule has 1 amide bonds. The molecule has 0 aliphatic rings. The molecule has 57 heavy (non-hydrogen) atoms. The first-order chi connectivity index (χ1) is 28.2. The van der Waals surface area contributed by atoms with Gasteiger partial charge in [0.05, 0.1) is 18.8 Å². The summed E-state index contributed by atoms with van der Waals surface area (Å²) in [6.45, 7) is 4.14. The average molecular weight is 782 g/mol. The maximum atomic E-state index is 12.3. The highest BCUT2D eigenvalue weighted by atomic mass is 16.3. The number of nitrogens with one attached hydrogen (secondary N) is 1. The van der Waals surface area contributed by atoms with Crippen molar-refractivity contribution in [3.05, 3.63) is 146 Å². The maximum absolute atomic E-state index is 12.3. The van der Waals surface area contributed by atoms with Gasteiger partial charge in [0.25, 0.3) is 0 Å². The SMILES string of the molecule is CC/C=C\C/C=C\C/C=C\C/C=C\C/C=C\C/C=C\C/C=C\C/C=C\C/C=C\C/C=C\C/C=C\C/C=C\CCCCC(=O)NC(CO)C(O)CCCCCCCC. The molecule has 2 unspecified atom stereocenters. The molecule has 2 atom stereocenters. The second-order valence-corrected chi connectivity index (χ2v) is 14.4. The third-order valence-electron chi connectivity index (χ3n) is 9.12. The lowest BCUT2D eigenvalue weighted by molar-refractivity contribution is -0.123. The van der Waals surface area contributed by atoms with Crippen molar-refractivity contribution >= 4 is 5.91 Å². The van der Waals surface area contributed by atoms with Crippen LogP contribution in [0.2, 0.25) is 0 Å². The van der Waals surface area contributed by atoms with Gasteiger partial charge in [-0.2, -0.15) is 0 Å². The molecule has 0 spiro atoms. The zero-order valence-corrected chi connectivity index (χ0v) is 36.3. The van der Waals surface area contributed by atoms with Crippen molar-refractivity contribution in [1.29, 1.82) is 0 Å². The highest BCUT2D eigenvalue weighted by Gasteiger charge is 2.19. The van der Waals surface area contributed by atoms with Crippen molar-refractivity contribution in [1.82, 2.24) is 5.32 Å². The Balaban J connectivity index is 3.73. The van der Waals surface area contributed by atoms with Gasteiger partial charge in [0, 0.05) is 6.42 Å². The molecule has 0 saturated heterocycles. The zero-order valence-electron chi connectivity index (χ0n) is 36.3. The Bertz CT molecular complexity index is 1250. The van der Waals surface area contributed by atoms with Crippen molar-refractivity contribution in [2.75, 3.05) is 6.61 Å². The van der Waals surface area contributed by atoms with Crippen LogP contribution in [0.25, 0.3) is 0 Å². The van der Waals surface area contributed by atoms with Crippen LogP contribution in [0.15, 0.2) is 146 Å². The minimum atomic E-state index is -0.684. The Labute approximate surface area is 351 Å². The standard InChI is InChI=1S/C53H83NO3/c1-3-5-7-9-11-12-13-14-15-16-17-18-19-20-21-22-23-24-25-26-27-28-29-30-31-32-33-34-35-36-37-38-39-40-41-42-43-45-47-49-53(57)54-51(50-55)52(56)48-46-44-10-8-6-4-2/h5,7,11-12,14-15,17-18,20-21,23-24,26-27,29-30,32-33,35-36,38-39,41-42,51-52,55-56H,3-4,6,8-10,13,16,19,22,25,28,31,34,37,40,43-50H2,1-2H3,(H,54,57)/b7-5-,12-11-,15-14-,18-17-,21-20-,24-23-,27-26-,30-29-,33-32-,36-35-,39-38-,42-41-. The van der Waals surface area contributed by atoms with Crippen molar-refractivity contribution in [2.24, 2.45) is 0 Å². The molecular weight excluding hydrogens is 699 g/mol. The molecule has 0 heterocycles. The van der Waals surface area contributed by atoms with Crippen LogP contribution in [0.4, 0.5) is 0 Å². The number of unbranched alkanes of at least 4 members (excludes halogenated alkanes) is 7. The van der Waals surface area contributed by atoms with Crippen LogP contribution in [0, 0.1) is 0 Å². The van der Waals surface area contributed by atoms with Gasteiger partial charge in [0.15, 0.2) is 0 Å². The second-order valence-electron chi connectivity index (χ2n) is 14.4. The van der Waals surface area contributed by atoms with E-state index in [-0.39, 0.29) is 12.5 Å². The molecular formula is C53H83NO3. The van der Waals surface area contributed by atoms with Crippen LogP contribution in [0.1, 0.15) is 162 Å². The smallest absolute Gasteiger partial charge is 0.220 e. The van der Waals surface area contributed by atoms with E-state index in [0.717, 1.165) is 109 Å². The van der Waals surface area contributed by atoms with Crippen LogP contribution in [0.3, 0.4) is 0 Å². The normalized spacial score (nSPS) is 14.4. The average Bonchev–Trinajstić information content (AvgIpc) is 3.22. The number of rotatable bonds is 38. The summed E-state index contributed by atoms with van der Waals surface area (Å²) in [4.78, 5) is 12.3. The minimum Gasteiger partial charge on any atom is -0.394 e. The van der Waals surface area contributed by atoms with Gasteiger partial charge in [0.2, 0.25) is 5.91 Å². The molecule has 0 rings (SSSR count). The van der Waals surface area contributed by atoms with E-state index in [1.807, 2.05) is 0 Å². The summed E-state index contributed by atoms with van der Waals surface area (Å²) in [5.74, 6) is -0.0873. The largest absolute Gasteiger partial charge is 0.394 e. The number of aliphatic hydroxyl groups is 2. The van der Waals surface area contributed by atoms with Gasteiger partial charge in [-0.1, -0.05) is 198 Å². The summed E-state index contributed by atoms with van der Waals surface area (Å²) in [5, 5.41) is 22.8. The molecule has 0 aromatic rings. The molecule has 0 aromatic carbocycles. The molecule has 0 saturated carbocycles. The van der Waals surface area contributed by atoms with Gasteiger partial charge in [-0.25, -0.2) is 0 Å². The fourth-order valence-corrected chi connectivity index (χ4v) is 5.69. The molecule has 4 heteroatoms. The maximum Gasteiger partial charge on any atom is 0.220 e. The first-order valence-corrected chi connectivity index (χ1v) is 22.5. The number of allylic oxidation sites excluding steroid dienone is 24. The monoisotopic (exact) mass is 782 g/mol. The van der Waals surface area contributed by atoms with E-state index >= 15 is 0 Å². The second kappa shape index (κ2) is 46.7. The summed E-state index contributed by atoms with van der Waals surface area (Å²) in [6.07, 6.45) is 75.3. The van der Waals surface area contributed by atoms with Crippen molar-refractivity contribution in [3.63, 3.8) is 0 Å². The lowest BCUT2D eigenvalue weighted by atomic mass is 10.0. The van der Waals surface area contributed by atoms with E-state index in [2.05, 4.69) is 165 Å². The summed E-state index contributed by atoms with van der Waals surface area (Å²) < 4.78 is 0. The molecule has 0 aromatic heterocycles. The van der Waals surface area contributed by atoms with Gasteiger partial charge in [0.1, 0.15) is 0 Å². The van der Waals surface area contributed by atoms with Gasteiger partial charge in [-0.05, 0) is 103 Å². The molecule has 0 fully saturated rings. The first-order valence-electron chi connectivity index (χ1n) is 22.5. The van der Waals surface area contributed by atoms with Gasteiger partial charge in [-0.3, -0.25) is 4.79 Å². The van der Waals surface area contributed by atoms with Crippen molar-refractivity contribution in [3.8, 4) is 0 Å². The number of amides is 1. The fourth-order valence-electron chi connectivity index (χ4n) is 5.69. The molecule has 0 aliphatic heterocycles. The van der Waals surface area contributed by atoms with Crippen molar-refractivity contribution < 1.29 is 15.0 Å². The Kier molecular flexibility index (Phi) is 43.6. The summed E-state index contributed by atoms with van der Waals surface area (Å²) in [5.41, 5.74) is 0. The third-order valence-corrected chi connectivity index (χ3v) is 9.12. The lowest BCUT2D eigenvalue weighted by Gasteiger charge is -2.22. The van der Waals surface area contributed by atoms with E-state index < -0.39 is 12.1 Å². The van der Waals surface area contributed by atoms with Gasteiger partial charge >= 0.3 is 0 Å². The lowest BCUT2D eigenvalue weighted by Crippen LogP contribution is -2.45. The molecule has 3 N–H and O–H groups in total. The van der Waals surface area contributed by atoms with Gasteiger partial charge in [-0.15, -0.1) is 0 Å². The Morgan fingerprint density at radius 2 is 0.772 bits per heavy atom. The number of aliphatic hydroxyl groups excluding tert-OH is 2. The molecule has 318 valence electrons. The van der Waals surface area contributed by atoms with Gasteiger partial charge < -0.3 is 15.5 Å². The van der Waals surface area contributed by atoms with Crippen LogP contribution >= 0.6 is 0 Å². The number of carbonyl (C=O) groups excluding carboxylic acids is 1. The Hall–Kier alpha value is -3.73. The number of hydrogen-bond acceptors (Lipinski definition) is 3. The highest BCUT2D eigenvalue weighted by Crippen LogP contribution is 2.11. The summed E-state index contributed by atoms with van der Waals surface area (Å²) >= 11 is 0. The fraction of sp³-hybridized carbons (Fsp3) is 0.528. The predicted molar refractivity (Wildman–Crippen MR) is 252 cm³/mol. The van der Waals surface area contributed by atoms with Crippen LogP contribution in [-0.2, 0) is 4.79 Å². The zero-order chi connectivity index (χ0) is 41.4. The summed E-state index contributed by atoms with van der Waals surface area (Å²) in [7, 11) is 0. The van der Waals surface area contributed by atoms with E-state index in [0.29, 0.717) is 12.8 Å². The van der Waals surface area contributed by atoms with Crippen molar-refractivity contribution in [2.45, 2.75) is 174 Å². The van der Waals surface area contributed by atoms with Crippen LogP contribution in [0.5, 0.6) is 0 Å². The first kappa shape index (κ1) is 53.3. The quantitative estimate of drug-likeness (QED) is 0.0432. The predicted octanol–water partition coefficient (Wildman–Crippen LogP) is 14.5.